The van der Waals surface area contributed by atoms with Crippen LogP contribution in [-0.2, 0) is 4.74 Å². The second kappa shape index (κ2) is 5.46. The van der Waals surface area contributed by atoms with Crippen LogP contribution in [0.1, 0.15) is 10.4 Å². The van der Waals surface area contributed by atoms with Crippen LogP contribution >= 0.6 is 11.6 Å². The number of benzene rings is 1. The van der Waals surface area contributed by atoms with Crippen LogP contribution in [-0.4, -0.2) is 52.7 Å². The molecular formula is C12H14ClNO4. The van der Waals surface area contributed by atoms with Crippen LogP contribution in [0, 0.1) is 0 Å². The molecule has 1 unspecified atom stereocenters. The molecule has 0 radical (unpaired) electrons. The molecule has 18 heavy (non-hydrogen) atoms. The van der Waals surface area contributed by atoms with E-state index in [0.717, 1.165) is 0 Å². The molecule has 5 nitrogen and oxygen atoms in total. The highest BCUT2D eigenvalue weighted by Gasteiger charge is 2.27. The summed E-state index contributed by atoms with van der Waals surface area (Å²) in [6.07, 6.45) is 0. The van der Waals surface area contributed by atoms with E-state index in [0.29, 0.717) is 31.2 Å². The van der Waals surface area contributed by atoms with E-state index in [2.05, 4.69) is 0 Å². The van der Waals surface area contributed by atoms with Crippen molar-refractivity contribution in [2.45, 2.75) is 6.04 Å². The number of rotatable bonds is 2. The molecule has 1 aliphatic heterocycles. The smallest absolute Gasteiger partial charge is 0.254 e. The van der Waals surface area contributed by atoms with Crippen molar-refractivity contribution < 1.29 is 19.7 Å². The molecule has 0 bridgehead atoms. The van der Waals surface area contributed by atoms with E-state index in [9.17, 15) is 15.0 Å². The van der Waals surface area contributed by atoms with Crippen LogP contribution < -0.4 is 0 Å². The molecule has 0 aromatic heterocycles. The second-order valence-electron chi connectivity index (χ2n) is 4.09. The number of morpholine rings is 1. The highest BCUT2D eigenvalue weighted by Crippen LogP contribution is 2.26. The standard InChI is InChI=1S/C12H14ClNO4/c13-6-9-7-18-4-3-14(9)12(17)8-1-2-10(15)11(16)5-8/h1-2,5,9,15-16H,3-4,6-7H2. The maximum atomic E-state index is 12.3. The summed E-state index contributed by atoms with van der Waals surface area (Å²) in [7, 11) is 0. The van der Waals surface area contributed by atoms with E-state index >= 15 is 0 Å². The molecule has 0 saturated carbocycles. The lowest BCUT2D eigenvalue weighted by atomic mass is 10.1. The van der Waals surface area contributed by atoms with Gasteiger partial charge in [0.15, 0.2) is 11.5 Å². The highest BCUT2D eigenvalue weighted by molar-refractivity contribution is 6.18. The topological polar surface area (TPSA) is 70.0 Å². The van der Waals surface area contributed by atoms with Crippen molar-refractivity contribution in [3.8, 4) is 11.5 Å². The molecule has 6 heteroatoms. The summed E-state index contributed by atoms with van der Waals surface area (Å²) in [5.74, 6) is -0.478. The molecule has 1 aliphatic rings. The van der Waals surface area contributed by atoms with Crippen LogP contribution in [0.4, 0.5) is 0 Å². The first kappa shape index (κ1) is 13.0. The number of hydrogen-bond acceptors (Lipinski definition) is 4. The number of halogens is 1. The van der Waals surface area contributed by atoms with Gasteiger partial charge in [0.25, 0.3) is 5.91 Å². The van der Waals surface area contributed by atoms with E-state index in [1.165, 1.54) is 18.2 Å². The third kappa shape index (κ3) is 2.52. The van der Waals surface area contributed by atoms with Gasteiger partial charge < -0.3 is 19.8 Å². The zero-order chi connectivity index (χ0) is 13.1. The summed E-state index contributed by atoms with van der Waals surface area (Å²) >= 11 is 5.80. The molecular weight excluding hydrogens is 258 g/mol. The molecule has 1 atom stereocenters. The van der Waals surface area contributed by atoms with Gasteiger partial charge in [0.05, 0.1) is 19.3 Å². The third-order valence-electron chi connectivity index (χ3n) is 2.89. The maximum Gasteiger partial charge on any atom is 0.254 e. The van der Waals surface area contributed by atoms with Gasteiger partial charge in [0.2, 0.25) is 0 Å². The summed E-state index contributed by atoms with van der Waals surface area (Å²) in [6.45, 7) is 1.36. The summed E-state index contributed by atoms with van der Waals surface area (Å²) in [5.41, 5.74) is 0.322. The van der Waals surface area contributed by atoms with Gasteiger partial charge in [-0.05, 0) is 18.2 Å². The van der Waals surface area contributed by atoms with Gasteiger partial charge in [-0.1, -0.05) is 0 Å². The number of phenolic OH excluding ortho intramolecular Hbond substituents is 2. The fourth-order valence-corrected chi connectivity index (χ4v) is 2.13. The number of phenols is 2. The molecule has 0 aliphatic carbocycles. The Morgan fingerprint density at radius 3 is 2.89 bits per heavy atom. The van der Waals surface area contributed by atoms with E-state index in [1.807, 2.05) is 0 Å². The van der Waals surface area contributed by atoms with Gasteiger partial charge >= 0.3 is 0 Å². The zero-order valence-electron chi connectivity index (χ0n) is 9.67. The summed E-state index contributed by atoms with van der Waals surface area (Å²) in [5, 5.41) is 18.6. The van der Waals surface area contributed by atoms with Crippen molar-refractivity contribution in [1.82, 2.24) is 4.90 Å². The number of carbonyl (C=O) groups excluding carboxylic acids is 1. The Balaban J connectivity index is 2.21. The Kier molecular flexibility index (Phi) is 3.93. The van der Waals surface area contributed by atoms with Crippen LogP contribution in [0.3, 0.4) is 0 Å². The van der Waals surface area contributed by atoms with Gasteiger partial charge in [0, 0.05) is 18.0 Å². The largest absolute Gasteiger partial charge is 0.504 e. The van der Waals surface area contributed by atoms with Crippen molar-refractivity contribution in [2.75, 3.05) is 25.6 Å². The minimum Gasteiger partial charge on any atom is -0.504 e. The summed E-state index contributed by atoms with van der Waals surface area (Å²) in [6, 6.07) is 3.85. The predicted octanol–water partition coefficient (Wildman–Crippen LogP) is 1.18. The molecule has 1 aromatic rings. The second-order valence-corrected chi connectivity index (χ2v) is 4.39. The van der Waals surface area contributed by atoms with Crippen molar-refractivity contribution in [3.63, 3.8) is 0 Å². The van der Waals surface area contributed by atoms with Crippen molar-refractivity contribution >= 4 is 17.5 Å². The third-order valence-corrected chi connectivity index (χ3v) is 3.25. The first-order chi connectivity index (χ1) is 8.63. The molecule has 2 rings (SSSR count). The molecule has 1 amide bonds. The minimum atomic E-state index is -0.309. The number of ether oxygens (including phenoxy) is 1. The number of nitrogens with zero attached hydrogens (tertiary/aromatic N) is 1. The summed E-state index contributed by atoms with van der Waals surface area (Å²) < 4.78 is 5.26. The first-order valence-corrected chi connectivity index (χ1v) is 6.13. The molecule has 1 saturated heterocycles. The Morgan fingerprint density at radius 2 is 2.22 bits per heavy atom. The normalized spacial score (nSPS) is 19.8. The van der Waals surface area contributed by atoms with Crippen LogP contribution in [0.25, 0.3) is 0 Å². The fraction of sp³-hybridized carbons (Fsp3) is 0.417. The zero-order valence-corrected chi connectivity index (χ0v) is 10.4. The van der Waals surface area contributed by atoms with E-state index in [1.54, 1.807) is 4.90 Å². The van der Waals surface area contributed by atoms with E-state index in [-0.39, 0.29) is 23.4 Å². The maximum absolute atomic E-state index is 12.3. The van der Waals surface area contributed by atoms with Gasteiger partial charge in [-0.3, -0.25) is 4.79 Å². The summed E-state index contributed by atoms with van der Waals surface area (Å²) in [4.78, 5) is 13.9. The molecule has 1 fully saturated rings. The number of alkyl halides is 1. The van der Waals surface area contributed by atoms with Crippen molar-refractivity contribution in [1.29, 1.82) is 0 Å². The molecule has 98 valence electrons. The van der Waals surface area contributed by atoms with Gasteiger partial charge in [0.1, 0.15) is 0 Å². The van der Waals surface area contributed by atoms with Crippen LogP contribution in [0.2, 0.25) is 0 Å². The average molecular weight is 272 g/mol. The SMILES string of the molecule is O=C(c1ccc(O)c(O)c1)N1CCOCC1CCl. The van der Waals surface area contributed by atoms with Gasteiger partial charge in [-0.25, -0.2) is 0 Å². The quantitative estimate of drug-likeness (QED) is 0.626. The Morgan fingerprint density at radius 1 is 1.44 bits per heavy atom. The Bertz CT molecular complexity index is 452. The molecule has 2 N–H and O–H groups in total. The number of amides is 1. The lowest BCUT2D eigenvalue weighted by Gasteiger charge is -2.34. The first-order valence-electron chi connectivity index (χ1n) is 5.60. The van der Waals surface area contributed by atoms with Crippen LogP contribution in [0.5, 0.6) is 11.5 Å². The lowest BCUT2D eigenvalue weighted by Crippen LogP contribution is -2.49. The van der Waals surface area contributed by atoms with Gasteiger partial charge in [-0.2, -0.15) is 0 Å². The minimum absolute atomic E-state index is 0.163. The average Bonchev–Trinajstić information content (AvgIpc) is 2.41. The predicted molar refractivity (Wildman–Crippen MR) is 66.1 cm³/mol. The monoisotopic (exact) mass is 271 g/mol. The molecule has 0 spiro atoms. The van der Waals surface area contributed by atoms with Crippen molar-refractivity contribution in [3.05, 3.63) is 23.8 Å². The van der Waals surface area contributed by atoms with Crippen LogP contribution in [0.15, 0.2) is 18.2 Å². The molecule has 1 aromatic carbocycles. The Labute approximate surface area is 110 Å². The van der Waals surface area contributed by atoms with Crippen molar-refractivity contribution in [2.24, 2.45) is 0 Å². The highest BCUT2D eigenvalue weighted by atomic mass is 35.5. The van der Waals surface area contributed by atoms with E-state index in [4.69, 9.17) is 16.3 Å². The molecule has 1 heterocycles. The number of carbonyl (C=O) groups is 1. The lowest BCUT2D eigenvalue weighted by molar-refractivity contribution is 0.00454. The fourth-order valence-electron chi connectivity index (χ4n) is 1.87. The van der Waals surface area contributed by atoms with Gasteiger partial charge in [-0.15, -0.1) is 11.6 Å². The van der Waals surface area contributed by atoms with E-state index < -0.39 is 0 Å². The number of aromatic hydroxyl groups is 2. The Hall–Kier alpha value is -1.46. The number of hydrogen-bond donors (Lipinski definition) is 2.